The van der Waals surface area contributed by atoms with Gasteiger partial charge in [-0.1, -0.05) is 217 Å². The largest absolute Gasteiger partial charge is 0.394 e. The number of hydrogen-bond acceptors (Lipinski definition) is 4. The Balaban J connectivity index is 3.66. The van der Waals surface area contributed by atoms with Crippen molar-refractivity contribution in [1.29, 1.82) is 0 Å². The van der Waals surface area contributed by atoms with Crippen LogP contribution in [0.4, 0.5) is 0 Å². The number of hydrogen-bond donors (Lipinski definition) is 4. The highest BCUT2D eigenvalue weighted by molar-refractivity contribution is 5.80. The van der Waals surface area contributed by atoms with E-state index in [-0.39, 0.29) is 6.61 Å². The van der Waals surface area contributed by atoms with E-state index in [9.17, 15) is 20.1 Å². The summed E-state index contributed by atoms with van der Waals surface area (Å²) < 4.78 is 0. The number of amides is 1. The van der Waals surface area contributed by atoms with E-state index < -0.39 is 24.2 Å². The molecule has 0 aliphatic heterocycles. The quantitative estimate of drug-likeness (QED) is 0.0372. The van der Waals surface area contributed by atoms with E-state index in [4.69, 9.17) is 0 Å². The number of rotatable bonds is 41. The summed E-state index contributed by atoms with van der Waals surface area (Å²) in [7, 11) is 0. The highest BCUT2D eigenvalue weighted by Gasteiger charge is 2.22. The SMILES string of the molecule is CCCCCCCCCCC/C=C\C/C=C\CCCCCCCCCCC(O)C(=O)NC(CO)C(O)/C=C/CCCCCCCCCCCCCC. The van der Waals surface area contributed by atoms with Gasteiger partial charge in [0.25, 0.3) is 0 Å². The summed E-state index contributed by atoms with van der Waals surface area (Å²) in [6.45, 7) is 4.18. The molecule has 0 saturated heterocycles. The van der Waals surface area contributed by atoms with Gasteiger partial charge < -0.3 is 20.6 Å². The summed E-state index contributed by atoms with van der Waals surface area (Å²) in [6, 6.07) is -0.799. The molecular formula is C47H89NO4. The lowest BCUT2D eigenvalue weighted by Crippen LogP contribution is -2.48. The predicted octanol–water partition coefficient (Wildman–Crippen LogP) is 13.2. The van der Waals surface area contributed by atoms with Crippen molar-refractivity contribution in [3.63, 3.8) is 0 Å². The number of allylic oxidation sites excluding steroid dienone is 5. The van der Waals surface area contributed by atoms with Crippen molar-refractivity contribution in [3.8, 4) is 0 Å². The van der Waals surface area contributed by atoms with E-state index in [1.54, 1.807) is 6.08 Å². The lowest BCUT2D eigenvalue weighted by Gasteiger charge is -2.21. The summed E-state index contributed by atoms with van der Waals surface area (Å²) in [6.07, 6.45) is 53.2. The number of carbonyl (C=O) groups excluding carboxylic acids is 1. The molecule has 0 aromatic heterocycles. The average molecular weight is 732 g/mol. The molecule has 0 fully saturated rings. The van der Waals surface area contributed by atoms with Crippen molar-refractivity contribution in [1.82, 2.24) is 5.32 Å². The van der Waals surface area contributed by atoms with Crippen LogP contribution in [-0.2, 0) is 4.79 Å². The van der Waals surface area contributed by atoms with Crippen LogP contribution >= 0.6 is 0 Å². The topological polar surface area (TPSA) is 89.8 Å². The Bertz CT molecular complexity index is 809. The zero-order valence-corrected chi connectivity index (χ0v) is 34.7. The molecule has 0 heterocycles. The number of aliphatic hydroxyl groups is 3. The van der Waals surface area contributed by atoms with Crippen LogP contribution in [0.3, 0.4) is 0 Å². The van der Waals surface area contributed by atoms with Crippen LogP contribution in [0.1, 0.15) is 232 Å². The molecule has 0 saturated carbocycles. The summed E-state index contributed by atoms with van der Waals surface area (Å²) in [5.41, 5.74) is 0. The molecule has 0 aliphatic carbocycles. The van der Waals surface area contributed by atoms with Gasteiger partial charge in [-0.15, -0.1) is 0 Å². The number of nitrogens with one attached hydrogen (secondary N) is 1. The molecule has 0 spiro atoms. The standard InChI is InChI=1S/C47H89NO4/c1-3-5-7-9-11-13-15-17-19-20-21-22-23-24-25-26-27-28-30-32-34-36-38-40-42-46(51)47(52)48-44(43-49)45(50)41-39-37-35-33-31-29-18-16-14-12-10-8-6-4-2/h21-22,24-25,39,41,44-46,49-51H,3-20,23,26-38,40,42-43H2,1-2H3,(H,48,52)/b22-21-,25-24-,41-39+. The Morgan fingerprint density at radius 3 is 1.21 bits per heavy atom. The van der Waals surface area contributed by atoms with E-state index in [0.29, 0.717) is 6.42 Å². The molecule has 52 heavy (non-hydrogen) atoms. The second kappa shape index (κ2) is 42.3. The molecule has 4 N–H and O–H groups in total. The van der Waals surface area contributed by atoms with Crippen LogP contribution in [0.5, 0.6) is 0 Å². The van der Waals surface area contributed by atoms with Crippen molar-refractivity contribution in [2.24, 2.45) is 0 Å². The van der Waals surface area contributed by atoms with Crippen LogP contribution in [0.15, 0.2) is 36.5 Å². The minimum absolute atomic E-state index is 0.365. The summed E-state index contributed by atoms with van der Waals surface area (Å²) in [4.78, 5) is 12.5. The third kappa shape index (κ3) is 36.9. The van der Waals surface area contributed by atoms with Crippen LogP contribution in [0, 0.1) is 0 Å². The van der Waals surface area contributed by atoms with Crippen LogP contribution in [0.25, 0.3) is 0 Å². The monoisotopic (exact) mass is 732 g/mol. The Hall–Kier alpha value is -1.43. The van der Waals surface area contributed by atoms with Gasteiger partial charge in [-0.2, -0.15) is 0 Å². The zero-order valence-electron chi connectivity index (χ0n) is 34.7. The van der Waals surface area contributed by atoms with Crippen LogP contribution in [0.2, 0.25) is 0 Å². The van der Waals surface area contributed by atoms with Crippen LogP contribution < -0.4 is 5.32 Å². The molecule has 306 valence electrons. The summed E-state index contributed by atoms with van der Waals surface area (Å²) in [5, 5.41) is 33.1. The molecule has 5 heteroatoms. The van der Waals surface area contributed by atoms with Crippen molar-refractivity contribution >= 4 is 5.91 Å². The fourth-order valence-electron chi connectivity index (χ4n) is 6.86. The molecule has 0 aromatic rings. The maximum absolute atomic E-state index is 12.5. The molecule has 0 aliphatic rings. The van der Waals surface area contributed by atoms with Gasteiger partial charge in [-0.05, 0) is 51.4 Å². The maximum Gasteiger partial charge on any atom is 0.249 e. The van der Waals surface area contributed by atoms with Gasteiger partial charge in [0.2, 0.25) is 5.91 Å². The Morgan fingerprint density at radius 2 is 0.827 bits per heavy atom. The average Bonchev–Trinajstić information content (AvgIpc) is 3.15. The second-order valence-corrected chi connectivity index (χ2v) is 15.6. The number of aliphatic hydroxyl groups excluding tert-OH is 3. The summed E-state index contributed by atoms with van der Waals surface area (Å²) >= 11 is 0. The highest BCUT2D eigenvalue weighted by Crippen LogP contribution is 2.15. The van der Waals surface area contributed by atoms with E-state index in [1.807, 2.05) is 6.08 Å². The summed E-state index contributed by atoms with van der Waals surface area (Å²) in [5.74, 6) is -0.508. The molecule has 0 radical (unpaired) electrons. The first kappa shape index (κ1) is 50.6. The van der Waals surface area contributed by atoms with E-state index in [2.05, 4.69) is 43.5 Å². The Morgan fingerprint density at radius 1 is 0.481 bits per heavy atom. The van der Waals surface area contributed by atoms with Gasteiger partial charge in [-0.25, -0.2) is 0 Å². The van der Waals surface area contributed by atoms with Gasteiger partial charge in [-0.3, -0.25) is 4.79 Å². The van der Waals surface area contributed by atoms with E-state index >= 15 is 0 Å². The highest BCUT2D eigenvalue weighted by atomic mass is 16.3. The van der Waals surface area contributed by atoms with Gasteiger partial charge in [0.05, 0.1) is 18.8 Å². The minimum Gasteiger partial charge on any atom is -0.394 e. The predicted molar refractivity (Wildman–Crippen MR) is 227 cm³/mol. The minimum atomic E-state index is -1.10. The van der Waals surface area contributed by atoms with Crippen molar-refractivity contribution in [2.45, 2.75) is 250 Å². The maximum atomic E-state index is 12.5. The first-order valence-corrected chi connectivity index (χ1v) is 22.8. The van der Waals surface area contributed by atoms with Crippen molar-refractivity contribution in [2.75, 3.05) is 6.61 Å². The van der Waals surface area contributed by atoms with Gasteiger partial charge in [0, 0.05) is 0 Å². The number of carbonyl (C=O) groups is 1. The lowest BCUT2D eigenvalue weighted by atomic mass is 10.0. The molecule has 3 unspecified atom stereocenters. The van der Waals surface area contributed by atoms with Crippen molar-refractivity contribution < 1.29 is 20.1 Å². The zero-order chi connectivity index (χ0) is 38.0. The third-order valence-electron chi connectivity index (χ3n) is 10.5. The lowest BCUT2D eigenvalue weighted by molar-refractivity contribution is -0.131. The number of unbranched alkanes of at least 4 members (excludes halogenated alkanes) is 29. The smallest absolute Gasteiger partial charge is 0.249 e. The third-order valence-corrected chi connectivity index (χ3v) is 10.5. The Kier molecular flexibility index (Phi) is 41.1. The van der Waals surface area contributed by atoms with E-state index in [0.717, 1.165) is 38.5 Å². The molecule has 0 aromatic carbocycles. The fraction of sp³-hybridized carbons (Fsp3) is 0.851. The second-order valence-electron chi connectivity index (χ2n) is 15.6. The normalized spacial score (nSPS) is 13.9. The van der Waals surface area contributed by atoms with E-state index in [1.165, 1.54) is 173 Å². The van der Waals surface area contributed by atoms with Gasteiger partial charge >= 0.3 is 0 Å². The molecular weight excluding hydrogens is 643 g/mol. The molecule has 0 rings (SSSR count). The molecule has 1 amide bonds. The first-order valence-electron chi connectivity index (χ1n) is 22.8. The van der Waals surface area contributed by atoms with Gasteiger partial charge in [0.1, 0.15) is 6.10 Å². The van der Waals surface area contributed by atoms with Crippen molar-refractivity contribution in [3.05, 3.63) is 36.5 Å². The molecule has 5 nitrogen and oxygen atoms in total. The first-order chi connectivity index (χ1) is 25.6. The fourth-order valence-corrected chi connectivity index (χ4v) is 6.86. The molecule has 3 atom stereocenters. The Labute approximate surface area is 324 Å². The van der Waals surface area contributed by atoms with Crippen LogP contribution in [-0.4, -0.2) is 46.1 Å². The van der Waals surface area contributed by atoms with Gasteiger partial charge in [0.15, 0.2) is 0 Å². The molecule has 0 bridgehead atoms.